The van der Waals surface area contributed by atoms with Crippen molar-refractivity contribution < 1.29 is 19.1 Å². The van der Waals surface area contributed by atoms with Gasteiger partial charge in [0.15, 0.2) is 10.8 Å². The summed E-state index contributed by atoms with van der Waals surface area (Å²) in [7, 11) is 0. The van der Waals surface area contributed by atoms with Crippen LogP contribution in [0, 0.1) is 0 Å². The number of hydrazine groups is 1. The highest BCUT2D eigenvalue weighted by molar-refractivity contribution is 7.14. The molecule has 2 rings (SSSR count). The summed E-state index contributed by atoms with van der Waals surface area (Å²) in [4.78, 5) is 37.9. The number of aromatic nitrogens is 1. The van der Waals surface area contributed by atoms with Gasteiger partial charge in [0.1, 0.15) is 5.75 Å². The predicted molar refractivity (Wildman–Crippen MR) is 99.5 cm³/mol. The van der Waals surface area contributed by atoms with Crippen LogP contribution >= 0.6 is 23.7 Å². The molecule has 0 aliphatic heterocycles. The van der Waals surface area contributed by atoms with Crippen LogP contribution in [0.5, 0.6) is 5.75 Å². The molecule has 0 aliphatic rings. The van der Waals surface area contributed by atoms with Gasteiger partial charge in [-0.15, -0.1) is 23.7 Å². The molecule has 1 aromatic heterocycles. The first-order chi connectivity index (χ1) is 12.0. The summed E-state index contributed by atoms with van der Waals surface area (Å²) in [5.41, 5.74) is 3.05. The number of nitrogens with one attached hydrogen (secondary N) is 3. The number of nitrogens with zero attached hydrogens (tertiary/aromatic N) is 1. The van der Waals surface area contributed by atoms with Crippen LogP contribution in [0.1, 0.15) is 23.0 Å². The Balaban J connectivity index is 0.00000338. The monoisotopic (exact) mass is 399 g/mol. The normalized spacial score (nSPS) is 9.62. The van der Waals surface area contributed by atoms with Gasteiger partial charge in [-0.25, -0.2) is 20.4 Å². The van der Waals surface area contributed by atoms with Crippen molar-refractivity contribution in [2.75, 3.05) is 11.9 Å². The van der Waals surface area contributed by atoms with E-state index in [4.69, 9.17) is 10.6 Å². The molecule has 3 amide bonds. The summed E-state index contributed by atoms with van der Waals surface area (Å²) in [5, 5.41) is 6.92. The summed E-state index contributed by atoms with van der Waals surface area (Å²) >= 11 is 1.14. The molecular weight excluding hydrogens is 382 g/mol. The highest BCUT2D eigenvalue weighted by Gasteiger charge is 2.14. The van der Waals surface area contributed by atoms with Crippen molar-refractivity contribution in [3.8, 4) is 5.75 Å². The van der Waals surface area contributed by atoms with Crippen molar-refractivity contribution in [2.45, 2.75) is 13.3 Å². The van der Waals surface area contributed by atoms with Crippen molar-refractivity contribution in [2.24, 2.45) is 5.84 Å². The van der Waals surface area contributed by atoms with Gasteiger partial charge >= 0.3 is 12.0 Å². The molecule has 0 saturated heterocycles. The zero-order valence-corrected chi connectivity index (χ0v) is 15.4. The quantitative estimate of drug-likeness (QED) is 0.191. The van der Waals surface area contributed by atoms with Gasteiger partial charge in [0.2, 0.25) is 5.91 Å². The second-order valence-corrected chi connectivity index (χ2v) is 5.76. The third kappa shape index (κ3) is 6.67. The molecule has 9 nitrogen and oxygen atoms in total. The zero-order valence-electron chi connectivity index (χ0n) is 13.8. The fraction of sp³-hybridized carbons (Fsp3) is 0.200. The maximum absolute atomic E-state index is 12.0. The summed E-state index contributed by atoms with van der Waals surface area (Å²) in [6, 6.07) is 6.42. The Morgan fingerprint density at radius 2 is 1.92 bits per heavy atom. The van der Waals surface area contributed by atoms with Crippen molar-refractivity contribution in [1.29, 1.82) is 0 Å². The lowest BCUT2D eigenvalue weighted by Gasteiger charge is -2.06. The lowest BCUT2D eigenvalue weighted by molar-refractivity contribution is -0.114. The third-order valence-electron chi connectivity index (χ3n) is 2.96. The zero-order chi connectivity index (χ0) is 18.2. The number of halogens is 1. The van der Waals surface area contributed by atoms with E-state index in [1.807, 2.05) is 5.43 Å². The maximum Gasteiger partial charge on any atom is 0.363 e. The minimum absolute atomic E-state index is 0. The fourth-order valence-corrected chi connectivity index (χ4v) is 2.56. The van der Waals surface area contributed by atoms with E-state index in [1.54, 1.807) is 24.3 Å². The lowest BCUT2D eigenvalue weighted by atomic mass is 10.1. The number of ether oxygens (including phenoxy) is 1. The molecule has 0 saturated carbocycles. The SMILES string of the molecule is CC(=O)Nc1nc(C(=O)Oc2ccc(CCNC(=O)NN)cc2)cs1.Cl. The van der Waals surface area contributed by atoms with Crippen LogP contribution in [0.25, 0.3) is 0 Å². The van der Waals surface area contributed by atoms with E-state index in [9.17, 15) is 14.4 Å². The van der Waals surface area contributed by atoms with Crippen LogP contribution in [0.2, 0.25) is 0 Å². The molecule has 26 heavy (non-hydrogen) atoms. The molecule has 1 heterocycles. The molecule has 0 fully saturated rings. The number of esters is 1. The first-order valence-corrected chi connectivity index (χ1v) is 8.14. The highest BCUT2D eigenvalue weighted by atomic mass is 35.5. The van der Waals surface area contributed by atoms with Crippen LogP contribution in [-0.2, 0) is 11.2 Å². The van der Waals surface area contributed by atoms with E-state index in [2.05, 4.69) is 15.6 Å². The number of amides is 3. The van der Waals surface area contributed by atoms with E-state index < -0.39 is 12.0 Å². The summed E-state index contributed by atoms with van der Waals surface area (Å²) < 4.78 is 5.23. The second kappa shape index (κ2) is 10.3. The molecular formula is C15H18ClN5O4S. The van der Waals surface area contributed by atoms with E-state index in [0.717, 1.165) is 16.9 Å². The van der Waals surface area contributed by atoms with Crippen LogP contribution < -0.4 is 26.6 Å². The number of urea groups is 1. The fourth-order valence-electron chi connectivity index (χ4n) is 1.83. The average molecular weight is 400 g/mol. The van der Waals surface area contributed by atoms with Gasteiger partial charge < -0.3 is 15.4 Å². The molecule has 11 heteroatoms. The predicted octanol–water partition coefficient (Wildman–Crippen LogP) is 1.46. The molecule has 0 spiro atoms. The van der Waals surface area contributed by atoms with E-state index in [0.29, 0.717) is 23.8 Å². The number of anilines is 1. The van der Waals surface area contributed by atoms with Gasteiger partial charge in [0, 0.05) is 18.8 Å². The number of hydrogen-bond donors (Lipinski definition) is 4. The van der Waals surface area contributed by atoms with Crippen molar-refractivity contribution in [1.82, 2.24) is 15.7 Å². The lowest BCUT2D eigenvalue weighted by Crippen LogP contribution is -2.40. The van der Waals surface area contributed by atoms with Crippen LogP contribution in [0.3, 0.4) is 0 Å². The summed E-state index contributed by atoms with van der Waals surface area (Å²) in [6.45, 7) is 1.78. The molecule has 140 valence electrons. The van der Waals surface area contributed by atoms with Crippen LogP contribution in [-0.4, -0.2) is 29.4 Å². The Morgan fingerprint density at radius 1 is 1.23 bits per heavy atom. The van der Waals surface area contributed by atoms with Gasteiger partial charge in [0.25, 0.3) is 0 Å². The molecule has 2 aromatic rings. The van der Waals surface area contributed by atoms with Gasteiger partial charge in [-0.05, 0) is 24.1 Å². The molecule has 0 aliphatic carbocycles. The topological polar surface area (TPSA) is 135 Å². The largest absolute Gasteiger partial charge is 0.422 e. The Hall–Kier alpha value is -2.69. The molecule has 0 atom stereocenters. The van der Waals surface area contributed by atoms with Gasteiger partial charge in [-0.1, -0.05) is 12.1 Å². The second-order valence-electron chi connectivity index (χ2n) is 4.90. The van der Waals surface area contributed by atoms with Crippen LogP contribution in [0.15, 0.2) is 29.6 Å². The first-order valence-electron chi connectivity index (χ1n) is 7.26. The average Bonchev–Trinajstić information content (AvgIpc) is 3.04. The van der Waals surface area contributed by atoms with E-state index in [-0.39, 0.29) is 24.0 Å². The smallest absolute Gasteiger partial charge is 0.363 e. The van der Waals surface area contributed by atoms with E-state index in [1.165, 1.54) is 12.3 Å². The summed E-state index contributed by atoms with van der Waals surface area (Å²) in [6.07, 6.45) is 0.605. The molecule has 0 unspecified atom stereocenters. The van der Waals surface area contributed by atoms with Crippen molar-refractivity contribution in [3.63, 3.8) is 0 Å². The van der Waals surface area contributed by atoms with Gasteiger partial charge in [0.05, 0.1) is 0 Å². The number of thiazole rings is 1. The Labute approximate surface area is 159 Å². The Morgan fingerprint density at radius 3 is 2.54 bits per heavy atom. The first kappa shape index (κ1) is 21.4. The van der Waals surface area contributed by atoms with Crippen molar-refractivity contribution in [3.05, 3.63) is 40.9 Å². The van der Waals surface area contributed by atoms with Crippen molar-refractivity contribution >= 4 is 46.8 Å². The number of rotatable bonds is 6. The van der Waals surface area contributed by atoms with Gasteiger partial charge in [-0.3, -0.25) is 10.2 Å². The molecule has 0 radical (unpaired) electrons. The minimum Gasteiger partial charge on any atom is -0.422 e. The number of hydrogen-bond acceptors (Lipinski definition) is 7. The molecule has 5 N–H and O–H groups in total. The van der Waals surface area contributed by atoms with E-state index >= 15 is 0 Å². The number of benzene rings is 1. The maximum atomic E-state index is 12.0. The molecule has 0 bridgehead atoms. The third-order valence-corrected chi connectivity index (χ3v) is 3.72. The minimum atomic E-state index is -0.609. The van der Waals surface area contributed by atoms with Crippen LogP contribution in [0.4, 0.5) is 9.93 Å². The standard InChI is InChI=1S/C15H17N5O4S.ClH/c1-9(21)18-15-19-12(8-25-15)13(22)24-11-4-2-10(3-5-11)6-7-17-14(23)20-16;/h2-5,8H,6-7,16H2,1H3,(H2,17,20,23)(H,18,19,21);1H. The molecule has 1 aromatic carbocycles. The number of nitrogens with two attached hydrogens (primary N) is 1. The number of carbonyl (C=O) groups is 3. The Kier molecular flexibility index (Phi) is 8.49. The number of carbonyl (C=O) groups excluding carboxylic acids is 3. The highest BCUT2D eigenvalue weighted by Crippen LogP contribution is 2.18. The van der Waals surface area contributed by atoms with Gasteiger partial charge in [-0.2, -0.15) is 0 Å². The Bertz CT molecular complexity index is 766. The summed E-state index contributed by atoms with van der Waals surface area (Å²) in [5.74, 6) is 4.46.